The minimum absolute atomic E-state index is 0. The van der Waals surface area contributed by atoms with Gasteiger partial charge in [0, 0.05) is 39.6 Å². The van der Waals surface area contributed by atoms with E-state index in [1.807, 2.05) is 23.8 Å². The molecule has 1 aliphatic rings. The van der Waals surface area contributed by atoms with Gasteiger partial charge in [0.1, 0.15) is 5.75 Å². The number of amides is 1. The lowest BCUT2D eigenvalue weighted by molar-refractivity contribution is -0.129. The van der Waals surface area contributed by atoms with Gasteiger partial charge in [-0.25, -0.2) is 0 Å². The smallest absolute Gasteiger partial charge is 0.387 e. The van der Waals surface area contributed by atoms with Gasteiger partial charge in [0.25, 0.3) is 0 Å². The van der Waals surface area contributed by atoms with Crippen LogP contribution in [0.4, 0.5) is 8.78 Å². The molecule has 1 aromatic rings. The summed E-state index contributed by atoms with van der Waals surface area (Å²) in [6.07, 6.45) is 2.57. The van der Waals surface area contributed by atoms with Gasteiger partial charge in [-0.1, -0.05) is 12.1 Å². The van der Waals surface area contributed by atoms with Crippen molar-refractivity contribution in [1.82, 2.24) is 15.1 Å². The van der Waals surface area contributed by atoms with E-state index in [2.05, 4.69) is 15.0 Å². The standard InChI is InChI=1S/C19H28F2N4O2.HI/c1-3-22-19(23-11-10-17(26)25-12-4-5-13-25)24(2)14-15-6-8-16(9-7-15)27-18(20)21;/h6-9,18H,3-5,10-14H2,1-2H3,(H,22,23);1H. The van der Waals surface area contributed by atoms with Crippen molar-refractivity contribution in [2.75, 3.05) is 33.2 Å². The first-order valence-corrected chi connectivity index (χ1v) is 9.30. The number of carbonyl (C=O) groups excluding carboxylic acids is 1. The largest absolute Gasteiger partial charge is 0.435 e. The summed E-state index contributed by atoms with van der Waals surface area (Å²) in [6.45, 7) is 2.57. The third kappa shape index (κ3) is 8.15. The van der Waals surface area contributed by atoms with Crippen molar-refractivity contribution >= 4 is 35.8 Å². The molecule has 0 radical (unpaired) electrons. The molecular weight excluding hydrogens is 481 g/mol. The van der Waals surface area contributed by atoms with E-state index in [1.165, 1.54) is 12.1 Å². The highest BCUT2D eigenvalue weighted by molar-refractivity contribution is 14.0. The van der Waals surface area contributed by atoms with E-state index in [4.69, 9.17) is 0 Å². The number of likely N-dealkylation sites (tertiary alicyclic amines) is 1. The highest BCUT2D eigenvalue weighted by Crippen LogP contribution is 2.16. The summed E-state index contributed by atoms with van der Waals surface area (Å²) in [5, 5.41) is 3.21. The second-order valence-electron chi connectivity index (χ2n) is 6.45. The van der Waals surface area contributed by atoms with Crippen molar-refractivity contribution in [1.29, 1.82) is 0 Å². The Balaban J connectivity index is 0.00000392. The number of nitrogens with one attached hydrogen (secondary N) is 1. The molecule has 0 atom stereocenters. The number of alkyl halides is 2. The third-order valence-electron chi connectivity index (χ3n) is 4.31. The molecule has 1 N–H and O–H groups in total. The van der Waals surface area contributed by atoms with Crippen molar-refractivity contribution in [3.05, 3.63) is 29.8 Å². The van der Waals surface area contributed by atoms with Crippen LogP contribution in [0, 0.1) is 0 Å². The van der Waals surface area contributed by atoms with Crippen LogP contribution in [0.25, 0.3) is 0 Å². The molecule has 1 aromatic carbocycles. The molecule has 1 aliphatic heterocycles. The fraction of sp³-hybridized carbons (Fsp3) is 0.579. The maximum absolute atomic E-state index is 12.2. The van der Waals surface area contributed by atoms with E-state index < -0.39 is 6.61 Å². The van der Waals surface area contributed by atoms with Crippen LogP contribution in [0.15, 0.2) is 29.3 Å². The normalized spacial score (nSPS) is 14.0. The number of hydrogen-bond acceptors (Lipinski definition) is 3. The van der Waals surface area contributed by atoms with Gasteiger partial charge < -0.3 is 19.9 Å². The molecule has 2 rings (SSSR count). The van der Waals surface area contributed by atoms with Crippen LogP contribution in [0.2, 0.25) is 0 Å². The minimum Gasteiger partial charge on any atom is -0.435 e. The van der Waals surface area contributed by atoms with Crippen LogP contribution in [-0.2, 0) is 11.3 Å². The highest BCUT2D eigenvalue weighted by atomic mass is 127. The van der Waals surface area contributed by atoms with Crippen molar-refractivity contribution in [3.63, 3.8) is 0 Å². The predicted octanol–water partition coefficient (Wildman–Crippen LogP) is 3.32. The molecular formula is C19H29F2IN4O2. The summed E-state index contributed by atoms with van der Waals surface area (Å²) in [5.41, 5.74) is 0.942. The van der Waals surface area contributed by atoms with E-state index in [9.17, 15) is 13.6 Å². The lowest BCUT2D eigenvalue weighted by atomic mass is 10.2. The van der Waals surface area contributed by atoms with Crippen LogP contribution < -0.4 is 10.1 Å². The lowest BCUT2D eigenvalue weighted by Gasteiger charge is -2.22. The fourth-order valence-corrected chi connectivity index (χ4v) is 2.98. The first kappa shape index (κ1) is 24.4. The summed E-state index contributed by atoms with van der Waals surface area (Å²) in [5.74, 6) is 1.00. The third-order valence-corrected chi connectivity index (χ3v) is 4.31. The molecule has 0 saturated carbocycles. The van der Waals surface area contributed by atoms with E-state index in [-0.39, 0.29) is 35.6 Å². The number of guanidine groups is 1. The van der Waals surface area contributed by atoms with Crippen molar-refractivity contribution in [3.8, 4) is 5.75 Å². The van der Waals surface area contributed by atoms with Gasteiger partial charge in [0.2, 0.25) is 5.91 Å². The van der Waals surface area contributed by atoms with Crippen molar-refractivity contribution in [2.45, 2.75) is 39.3 Å². The zero-order valence-electron chi connectivity index (χ0n) is 16.4. The summed E-state index contributed by atoms with van der Waals surface area (Å²) in [7, 11) is 1.90. The molecule has 0 unspecified atom stereocenters. The maximum Gasteiger partial charge on any atom is 0.387 e. The van der Waals surface area contributed by atoms with Crippen LogP contribution >= 0.6 is 24.0 Å². The molecule has 158 valence electrons. The first-order chi connectivity index (χ1) is 13.0. The summed E-state index contributed by atoms with van der Waals surface area (Å²) < 4.78 is 28.8. The van der Waals surface area contributed by atoms with E-state index in [0.717, 1.165) is 31.5 Å². The number of hydrogen-bond donors (Lipinski definition) is 1. The maximum atomic E-state index is 12.2. The Morgan fingerprint density at radius 3 is 2.50 bits per heavy atom. The number of benzene rings is 1. The van der Waals surface area contributed by atoms with E-state index in [0.29, 0.717) is 32.0 Å². The molecule has 0 aromatic heterocycles. The zero-order valence-corrected chi connectivity index (χ0v) is 18.7. The van der Waals surface area contributed by atoms with Crippen LogP contribution in [0.3, 0.4) is 0 Å². The molecule has 0 spiro atoms. The zero-order chi connectivity index (χ0) is 19.6. The fourth-order valence-electron chi connectivity index (χ4n) is 2.98. The Labute approximate surface area is 182 Å². The molecule has 28 heavy (non-hydrogen) atoms. The van der Waals surface area contributed by atoms with Gasteiger partial charge in [-0.15, -0.1) is 24.0 Å². The number of carbonyl (C=O) groups is 1. The highest BCUT2D eigenvalue weighted by Gasteiger charge is 2.17. The number of aliphatic imine (C=N–C) groups is 1. The predicted molar refractivity (Wildman–Crippen MR) is 116 cm³/mol. The average molecular weight is 510 g/mol. The van der Waals surface area contributed by atoms with Crippen LogP contribution in [-0.4, -0.2) is 61.5 Å². The Kier molecular flexibility index (Phi) is 11.1. The number of nitrogens with zero attached hydrogens (tertiary/aromatic N) is 3. The second-order valence-corrected chi connectivity index (χ2v) is 6.45. The second kappa shape index (κ2) is 12.7. The quantitative estimate of drug-likeness (QED) is 0.332. The van der Waals surface area contributed by atoms with Gasteiger partial charge in [0.15, 0.2) is 5.96 Å². The van der Waals surface area contributed by atoms with Gasteiger partial charge in [0.05, 0.1) is 6.54 Å². The average Bonchev–Trinajstić information content (AvgIpc) is 3.17. The van der Waals surface area contributed by atoms with E-state index >= 15 is 0 Å². The van der Waals surface area contributed by atoms with E-state index in [1.54, 1.807) is 12.1 Å². The van der Waals surface area contributed by atoms with Gasteiger partial charge in [-0.05, 0) is 37.5 Å². The molecule has 1 heterocycles. The Morgan fingerprint density at radius 2 is 1.93 bits per heavy atom. The number of rotatable bonds is 8. The Morgan fingerprint density at radius 1 is 1.29 bits per heavy atom. The lowest BCUT2D eigenvalue weighted by Crippen LogP contribution is -2.38. The van der Waals surface area contributed by atoms with Gasteiger partial charge in [-0.3, -0.25) is 9.79 Å². The van der Waals surface area contributed by atoms with Gasteiger partial charge >= 0.3 is 6.61 Å². The summed E-state index contributed by atoms with van der Waals surface area (Å²) in [6, 6.07) is 6.53. The Bertz CT molecular complexity index is 623. The minimum atomic E-state index is -2.82. The molecule has 0 bridgehead atoms. The van der Waals surface area contributed by atoms with Crippen LogP contribution in [0.1, 0.15) is 31.7 Å². The molecule has 1 amide bonds. The summed E-state index contributed by atoms with van der Waals surface area (Å²) >= 11 is 0. The molecule has 6 nitrogen and oxygen atoms in total. The van der Waals surface area contributed by atoms with Crippen molar-refractivity contribution in [2.24, 2.45) is 4.99 Å². The summed E-state index contributed by atoms with van der Waals surface area (Å²) in [4.78, 5) is 20.5. The Hall–Kier alpha value is -1.65. The first-order valence-electron chi connectivity index (χ1n) is 9.30. The van der Waals surface area contributed by atoms with Crippen LogP contribution in [0.5, 0.6) is 5.75 Å². The van der Waals surface area contributed by atoms with Crippen molar-refractivity contribution < 1.29 is 18.3 Å². The van der Waals surface area contributed by atoms with Gasteiger partial charge in [-0.2, -0.15) is 8.78 Å². The molecule has 9 heteroatoms. The number of ether oxygens (including phenoxy) is 1. The molecule has 1 saturated heterocycles. The SMILES string of the molecule is CCNC(=NCCC(=O)N1CCCC1)N(C)Cc1ccc(OC(F)F)cc1.I. The molecule has 1 fully saturated rings. The molecule has 0 aliphatic carbocycles. The number of halogens is 3. The monoisotopic (exact) mass is 510 g/mol. The topological polar surface area (TPSA) is 57.2 Å².